The summed E-state index contributed by atoms with van der Waals surface area (Å²) in [7, 11) is 1.45. The van der Waals surface area contributed by atoms with Crippen molar-refractivity contribution in [1.82, 2.24) is 25.7 Å². The van der Waals surface area contributed by atoms with E-state index in [0.717, 1.165) is 11.3 Å². The quantitative estimate of drug-likeness (QED) is 0.329. The molecule has 4 bridgehead atoms. The number of carbonyl (C=O) groups is 3. The number of fused-ring (bicyclic) bond motifs is 5. The number of nitrogens with one attached hydrogen (secondary N) is 3. The predicted molar refractivity (Wildman–Crippen MR) is 157 cm³/mol. The van der Waals surface area contributed by atoms with Gasteiger partial charge < -0.3 is 29.7 Å². The number of aromatic nitrogens is 2. The zero-order chi connectivity index (χ0) is 30.6. The third-order valence-electron chi connectivity index (χ3n) is 7.59. The van der Waals surface area contributed by atoms with Crippen molar-refractivity contribution in [2.75, 3.05) is 26.8 Å². The van der Waals surface area contributed by atoms with E-state index in [1.54, 1.807) is 41.4 Å². The van der Waals surface area contributed by atoms with Gasteiger partial charge in [0.2, 0.25) is 0 Å². The molecule has 3 heterocycles. The molecule has 4 aromatic rings. The first kappa shape index (κ1) is 28.7. The second-order valence-electron chi connectivity index (χ2n) is 10.5. The molecule has 226 valence electrons. The molecular formula is C32H30FN5O6. The van der Waals surface area contributed by atoms with Gasteiger partial charge in [0, 0.05) is 49.4 Å². The summed E-state index contributed by atoms with van der Waals surface area (Å²) in [6.07, 6.45) is 1.46. The van der Waals surface area contributed by atoms with Crippen LogP contribution in [0.25, 0.3) is 11.3 Å². The Kier molecular flexibility index (Phi) is 8.13. The van der Waals surface area contributed by atoms with Crippen molar-refractivity contribution in [3.8, 4) is 28.5 Å². The molecule has 1 saturated heterocycles. The molecule has 44 heavy (non-hydrogen) atoms. The number of likely N-dealkylation sites (tertiary alicyclic amines) is 1. The first-order valence-corrected chi connectivity index (χ1v) is 14.1. The monoisotopic (exact) mass is 599 g/mol. The Labute approximate surface area is 252 Å². The van der Waals surface area contributed by atoms with Crippen LogP contribution >= 0.6 is 0 Å². The van der Waals surface area contributed by atoms with E-state index in [2.05, 4.69) is 20.8 Å². The summed E-state index contributed by atoms with van der Waals surface area (Å²) in [5.74, 6) is -0.787. The Balaban J connectivity index is 1.28. The number of halogens is 1. The van der Waals surface area contributed by atoms with Crippen LogP contribution in [0.2, 0.25) is 0 Å². The molecule has 3 amide bonds. The van der Waals surface area contributed by atoms with Crippen molar-refractivity contribution in [3.05, 3.63) is 95.4 Å². The molecule has 0 aliphatic carbocycles. The molecular weight excluding hydrogens is 569 g/mol. The minimum Gasteiger partial charge on any atom is -0.493 e. The number of methoxy groups -OCH3 is 1. The number of piperidine rings is 1. The van der Waals surface area contributed by atoms with Gasteiger partial charge >= 0.3 is 0 Å². The van der Waals surface area contributed by atoms with E-state index in [4.69, 9.17) is 14.2 Å². The largest absolute Gasteiger partial charge is 0.493 e. The lowest BCUT2D eigenvalue weighted by Gasteiger charge is -2.39. The second kappa shape index (κ2) is 12.5. The Morgan fingerprint density at radius 3 is 2.64 bits per heavy atom. The molecule has 2 atom stereocenters. The van der Waals surface area contributed by atoms with Crippen molar-refractivity contribution in [1.29, 1.82) is 0 Å². The van der Waals surface area contributed by atoms with Crippen molar-refractivity contribution < 1.29 is 33.0 Å². The molecule has 2 aliphatic rings. The number of benzene rings is 3. The molecule has 3 aromatic carbocycles. The van der Waals surface area contributed by atoms with E-state index in [1.165, 1.54) is 25.3 Å². The van der Waals surface area contributed by atoms with Gasteiger partial charge in [-0.15, -0.1) is 0 Å². The molecule has 0 saturated carbocycles. The Hall–Kier alpha value is -5.39. The number of amides is 3. The molecule has 3 N–H and O–H groups in total. The second-order valence-corrected chi connectivity index (χ2v) is 10.5. The maximum atomic E-state index is 14.6. The summed E-state index contributed by atoms with van der Waals surface area (Å²) in [6.45, 7) is 0.233. The van der Waals surface area contributed by atoms with Gasteiger partial charge in [-0.1, -0.05) is 12.1 Å². The standard InChI is InChI=1S/C32H30FN5O6/c1-42-28-7-6-22-14-29(28)43-18-30(39)34-16-19-12-23(33)15-24(13-19)44-27-9-11-38(17-26(27)36-31(22)40)32(41)21-4-2-20(3-5-21)25-8-10-35-37-25/h2-8,10,12-15,26-27H,9,11,16-18H2,1H3,(H,34,39)(H,35,37)(H,36,40)/t26-,27+/m0/s1. The minimum atomic E-state index is -0.629. The number of hydrogen-bond donors (Lipinski definition) is 3. The van der Waals surface area contributed by atoms with Crippen LogP contribution in [0.1, 0.15) is 32.7 Å². The zero-order valence-corrected chi connectivity index (χ0v) is 23.8. The van der Waals surface area contributed by atoms with Crippen LogP contribution in [0.3, 0.4) is 0 Å². The Morgan fingerprint density at radius 1 is 1.05 bits per heavy atom. The van der Waals surface area contributed by atoms with Crippen LogP contribution in [0.15, 0.2) is 72.9 Å². The van der Waals surface area contributed by atoms with Gasteiger partial charge in [-0.05, 0) is 59.7 Å². The van der Waals surface area contributed by atoms with Gasteiger partial charge in [-0.25, -0.2) is 4.39 Å². The SMILES string of the molecule is COc1ccc2cc1OCC(=O)NCc1cc(F)cc(c1)O[C@@H]1CCN(C(=O)c3ccc(-c4ccn[nH]4)cc3)C[C@@H]1NC2=O. The molecule has 0 unspecified atom stereocenters. The van der Waals surface area contributed by atoms with E-state index in [0.29, 0.717) is 29.8 Å². The number of carbonyl (C=O) groups excluding carboxylic acids is 3. The Bertz CT molecular complexity index is 1680. The third-order valence-corrected chi connectivity index (χ3v) is 7.59. The lowest BCUT2D eigenvalue weighted by molar-refractivity contribution is -0.123. The number of aromatic amines is 1. The number of H-pyrrole nitrogens is 1. The summed E-state index contributed by atoms with van der Waals surface area (Å²) in [5, 5.41) is 12.6. The lowest BCUT2D eigenvalue weighted by atomic mass is 9.99. The van der Waals surface area contributed by atoms with Gasteiger partial charge in [0.05, 0.1) is 18.8 Å². The first-order valence-electron chi connectivity index (χ1n) is 14.1. The maximum absolute atomic E-state index is 14.6. The summed E-state index contributed by atoms with van der Waals surface area (Å²) >= 11 is 0. The van der Waals surface area contributed by atoms with Crippen LogP contribution in [-0.2, 0) is 11.3 Å². The highest BCUT2D eigenvalue weighted by molar-refractivity contribution is 5.96. The van der Waals surface area contributed by atoms with E-state index in [1.807, 2.05) is 18.2 Å². The molecule has 1 aromatic heterocycles. The molecule has 0 radical (unpaired) electrons. The molecule has 0 spiro atoms. The fraction of sp³-hybridized carbons (Fsp3) is 0.250. The fourth-order valence-corrected chi connectivity index (χ4v) is 5.33. The summed E-state index contributed by atoms with van der Waals surface area (Å²) in [4.78, 5) is 41.2. The molecule has 11 nitrogen and oxygen atoms in total. The first-order chi connectivity index (χ1) is 21.4. The van der Waals surface area contributed by atoms with E-state index >= 15 is 0 Å². The smallest absolute Gasteiger partial charge is 0.258 e. The maximum Gasteiger partial charge on any atom is 0.258 e. The highest BCUT2D eigenvalue weighted by Crippen LogP contribution is 2.29. The normalized spacial score (nSPS) is 18.6. The highest BCUT2D eigenvalue weighted by Gasteiger charge is 2.35. The van der Waals surface area contributed by atoms with Gasteiger partial charge in [-0.2, -0.15) is 5.10 Å². The number of hydrogen-bond acceptors (Lipinski definition) is 7. The van der Waals surface area contributed by atoms with Crippen molar-refractivity contribution >= 4 is 17.7 Å². The van der Waals surface area contributed by atoms with Crippen molar-refractivity contribution in [3.63, 3.8) is 0 Å². The average Bonchev–Trinajstić information content (AvgIpc) is 3.58. The van der Waals surface area contributed by atoms with Crippen LogP contribution in [-0.4, -0.2) is 71.8 Å². The van der Waals surface area contributed by atoms with E-state index in [-0.39, 0.29) is 42.7 Å². The summed E-state index contributed by atoms with van der Waals surface area (Å²) in [5.41, 5.74) is 2.99. The third kappa shape index (κ3) is 6.33. The van der Waals surface area contributed by atoms with Crippen LogP contribution in [0, 0.1) is 5.82 Å². The average molecular weight is 600 g/mol. The number of nitrogens with zero attached hydrogens (tertiary/aromatic N) is 2. The number of rotatable bonds is 3. The topological polar surface area (TPSA) is 135 Å². The van der Waals surface area contributed by atoms with Crippen LogP contribution in [0.4, 0.5) is 4.39 Å². The van der Waals surface area contributed by atoms with Crippen molar-refractivity contribution in [2.45, 2.75) is 25.1 Å². The number of ether oxygens (including phenoxy) is 3. The van der Waals surface area contributed by atoms with Gasteiger partial charge in [0.15, 0.2) is 18.1 Å². The van der Waals surface area contributed by atoms with Gasteiger partial charge in [-0.3, -0.25) is 19.5 Å². The van der Waals surface area contributed by atoms with E-state index < -0.39 is 29.8 Å². The Morgan fingerprint density at radius 2 is 1.86 bits per heavy atom. The van der Waals surface area contributed by atoms with Crippen LogP contribution < -0.4 is 24.8 Å². The van der Waals surface area contributed by atoms with Gasteiger partial charge in [0.1, 0.15) is 17.7 Å². The predicted octanol–water partition coefficient (Wildman–Crippen LogP) is 3.33. The van der Waals surface area contributed by atoms with Gasteiger partial charge in [0.25, 0.3) is 17.7 Å². The molecule has 2 aliphatic heterocycles. The van der Waals surface area contributed by atoms with Crippen LogP contribution in [0.5, 0.6) is 17.2 Å². The fourth-order valence-electron chi connectivity index (χ4n) is 5.33. The molecule has 12 heteroatoms. The highest BCUT2D eigenvalue weighted by atomic mass is 19.1. The zero-order valence-electron chi connectivity index (χ0n) is 23.8. The molecule has 1 fully saturated rings. The molecule has 6 rings (SSSR count). The summed E-state index contributed by atoms with van der Waals surface area (Å²) < 4.78 is 31.8. The van der Waals surface area contributed by atoms with E-state index in [9.17, 15) is 18.8 Å². The minimum absolute atomic E-state index is 0.0553. The van der Waals surface area contributed by atoms with Crippen molar-refractivity contribution in [2.24, 2.45) is 0 Å². The summed E-state index contributed by atoms with van der Waals surface area (Å²) in [6, 6.07) is 17.3. The lowest BCUT2D eigenvalue weighted by Crippen LogP contribution is -2.58.